The molecule has 5 heteroatoms. The van der Waals surface area contributed by atoms with Gasteiger partial charge in [0.25, 0.3) is 5.97 Å². The van der Waals surface area contributed by atoms with Gasteiger partial charge in [-0.25, -0.2) is 0 Å². The summed E-state index contributed by atoms with van der Waals surface area (Å²) < 4.78 is 2.08. The molecule has 0 aromatic carbocycles. The monoisotopic (exact) mass is 520 g/mol. The van der Waals surface area contributed by atoms with E-state index in [-0.39, 0.29) is 38.5 Å². The van der Waals surface area contributed by atoms with Gasteiger partial charge in [0.15, 0.2) is 0 Å². The molecule has 120 valence electrons. The zero-order valence-electron chi connectivity index (χ0n) is 13.4. The van der Waals surface area contributed by atoms with Crippen LogP contribution < -0.4 is 0 Å². The fraction of sp³-hybridized carbons (Fsp3) is 0.625. The molecule has 0 aliphatic heterocycles. The van der Waals surface area contributed by atoms with Crippen LogP contribution in [0.15, 0.2) is 6.20 Å². The standard InChI is InChI=1S/C9H10N2.C2H4O2.2C2H6.CH4.U/c1-11-6-7(5-10)8-3-2-4-9(8)11;1-2(3)4;2*1-2;;/h6H,2-4H2,1H3;1H3,(H,3,4);2*1-2H3;1H4;. The molecule has 0 spiro atoms. The third kappa shape index (κ3) is 10.6. The summed E-state index contributed by atoms with van der Waals surface area (Å²) in [5.74, 6) is -0.833. The Labute approximate surface area is 153 Å². The summed E-state index contributed by atoms with van der Waals surface area (Å²) in [6, 6.07) is 2.23. The topological polar surface area (TPSA) is 66.0 Å². The van der Waals surface area contributed by atoms with Gasteiger partial charge in [-0.1, -0.05) is 35.1 Å². The van der Waals surface area contributed by atoms with E-state index in [4.69, 9.17) is 15.2 Å². The molecule has 0 bridgehead atoms. The smallest absolute Gasteiger partial charge is 0.300 e. The number of rotatable bonds is 0. The number of fused-ring (bicyclic) bond motifs is 1. The van der Waals surface area contributed by atoms with Crippen LogP contribution in [0.4, 0.5) is 0 Å². The number of aliphatic carboxylic acids is 1. The number of carboxylic acids is 1. The quantitative estimate of drug-likeness (QED) is 0.559. The Morgan fingerprint density at radius 3 is 2.10 bits per heavy atom. The zero-order valence-corrected chi connectivity index (χ0v) is 17.6. The molecular formula is C16H30N2O2U. The van der Waals surface area contributed by atoms with Crippen molar-refractivity contribution in [3.8, 4) is 6.07 Å². The van der Waals surface area contributed by atoms with E-state index in [1.165, 1.54) is 17.7 Å². The fourth-order valence-corrected chi connectivity index (χ4v) is 1.85. The van der Waals surface area contributed by atoms with Crippen molar-refractivity contribution in [2.45, 2.75) is 61.3 Å². The maximum atomic E-state index is 9.00. The largest absolute Gasteiger partial charge is 0.481 e. The molecule has 0 unspecified atom stereocenters. The summed E-state index contributed by atoms with van der Waals surface area (Å²) in [6.45, 7) is 9.08. The Morgan fingerprint density at radius 1 is 1.29 bits per heavy atom. The van der Waals surface area contributed by atoms with Crippen LogP contribution in [0.2, 0.25) is 0 Å². The van der Waals surface area contributed by atoms with Gasteiger partial charge in [-0.15, -0.1) is 0 Å². The van der Waals surface area contributed by atoms with Crippen LogP contribution in [0.1, 0.15) is 65.3 Å². The summed E-state index contributed by atoms with van der Waals surface area (Å²) in [5.41, 5.74) is 3.52. The third-order valence-corrected chi connectivity index (χ3v) is 2.38. The number of carbonyl (C=O) groups is 1. The minimum absolute atomic E-state index is 0. The molecule has 2 rings (SSSR count). The van der Waals surface area contributed by atoms with Crippen molar-refractivity contribution in [3.05, 3.63) is 23.0 Å². The predicted molar refractivity (Wildman–Crippen MR) is 84.9 cm³/mol. The molecule has 21 heavy (non-hydrogen) atoms. The maximum Gasteiger partial charge on any atom is 0.300 e. The molecule has 1 aliphatic carbocycles. The van der Waals surface area contributed by atoms with Gasteiger partial charge in [0.1, 0.15) is 6.07 Å². The summed E-state index contributed by atoms with van der Waals surface area (Å²) in [5, 5.41) is 16.2. The summed E-state index contributed by atoms with van der Waals surface area (Å²) >= 11 is 0. The van der Waals surface area contributed by atoms with Crippen molar-refractivity contribution >= 4 is 5.97 Å². The molecular weight excluding hydrogens is 490 g/mol. The Morgan fingerprint density at radius 2 is 1.71 bits per heavy atom. The molecule has 0 saturated carbocycles. The van der Waals surface area contributed by atoms with E-state index in [0.717, 1.165) is 25.3 Å². The Balaban J connectivity index is -0.000000126. The van der Waals surface area contributed by atoms with Crippen LogP contribution >= 0.6 is 0 Å². The number of hydrogen-bond donors (Lipinski definition) is 1. The minimum Gasteiger partial charge on any atom is -0.481 e. The predicted octanol–water partition coefficient (Wildman–Crippen LogP) is 4.16. The van der Waals surface area contributed by atoms with Gasteiger partial charge >= 0.3 is 0 Å². The SMILES string of the molecule is C.CC.CC.CC(=O)O.Cn1cc(C#N)c2c1CCC2.[U]. The van der Waals surface area contributed by atoms with Gasteiger partial charge < -0.3 is 9.67 Å². The van der Waals surface area contributed by atoms with Crippen molar-refractivity contribution in [1.82, 2.24) is 4.57 Å². The second-order valence-electron chi connectivity index (χ2n) is 3.56. The van der Waals surface area contributed by atoms with E-state index in [2.05, 4.69) is 10.6 Å². The van der Waals surface area contributed by atoms with Gasteiger partial charge in [0.05, 0.1) is 5.56 Å². The zero-order chi connectivity index (χ0) is 15.4. The van der Waals surface area contributed by atoms with E-state index in [1.54, 1.807) is 0 Å². The Kier molecular flexibility index (Phi) is 23.5. The van der Waals surface area contributed by atoms with Gasteiger partial charge in [0, 0.05) is 57.0 Å². The summed E-state index contributed by atoms with van der Waals surface area (Å²) in [7, 11) is 2.02. The minimum atomic E-state index is -0.833. The molecule has 0 saturated heterocycles. The molecule has 1 aromatic heterocycles. The molecule has 0 atom stereocenters. The normalized spacial score (nSPS) is 9.38. The first-order valence-electron chi connectivity index (χ1n) is 6.83. The van der Waals surface area contributed by atoms with Crippen LogP contribution in [0.25, 0.3) is 0 Å². The Bertz CT molecular complexity index is 417. The number of carboxylic acid groups (broad SMARTS) is 1. The number of nitriles is 1. The fourth-order valence-electron chi connectivity index (χ4n) is 1.85. The van der Waals surface area contributed by atoms with Crippen LogP contribution in [0, 0.1) is 42.4 Å². The molecule has 0 fully saturated rings. The first-order valence-corrected chi connectivity index (χ1v) is 6.83. The molecule has 4 nitrogen and oxygen atoms in total. The van der Waals surface area contributed by atoms with Crippen LogP contribution in [-0.2, 0) is 24.7 Å². The van der Waals surface area contributed by atoms with Gasteiger partial charge in [-0.05, 0) is 24.8 Å². The number of nitrogens with zero attached hydrogens (tertiary/aromatic N) is 2. The van der Waals surface area contributed by atoms with Crippen LogP contribution in [0.3, 0.4) is 0 Å². The molecule has 1 N–H and O–H groups in total. The van der Waals surface area contributed by atoms with Crippen molar-refractivity contribution in [3.63, 3.8) is 0 Å². The van der Waals surface area contributed by atoms with Crippen molar-refractivity contribution in [2.75, 3.05) is 0 Å². The van der Waals surface area contributed by atoms with Crippen LogP contribution in [-0.4, -0.2) is 15.6 Å². The Hall–Kier alpha value is -0.708. The molecule has 1 aliphatic rings. The summed E-state index contributed by atoms with van der Waals surface area (Å²) in [4.78, 5) is 9.00. The van der Waals surface area contributed by atoms with Crippen molar-refractivity contribution in [2.24, 2.45) is 7.05 Å². The molecule has 0 amide bonds. The number of hydrogen-bond acceptors (Lipinski definition) is 2. The first-order chi connectivity index (χ1) is 9.06. The molecule has 1 heterocycles. The van der Waals surface area contributed by atoms with Crippen molar-refractivity contribution in [1.29, 1.82) is 5.26 Å². The number of aromatic nitrogens is 1. The summed E-state index contributed by atoms with van der Waals surface area (Å²) in [6.07, 6.45) is 5.39. The maximum absolute atomic E-state index is 9.00. The van der Waals surface area contributed by atoms with Gasteiger partial charge in [0.2, 0.25) is 0 Å². The average Bonchev–Trinajstić information content (AvgIpc) is 2.98. The average molecular weight is 520 g/mol. The second-order valence-corrected chi connectivity index (χ2v) is 3.56. The van der Waals surface area contributed by atoms with Crippen molar-refractivity contribution < 1.29 is 41.0 Å². The van der Waals surface area contributed by atoms with Crippen LogP contribution in [0.5, 0.6) is 0 Å². The number of aryl methyl sites for hydroxylation is 1. The van der Waals surface area contributed by atoms with E-state index in [9.17, 15) is 0 Å². The first kappa shape index (κ1) is 28.5. The van der Waals surface area contributed by atoms with E-state index >= 15 is 0 Å². The molecule has 1 aromatic rings. The van der Waals surface area contributed by atoms with Gasteiger partial charge in [-0.2, -0.15) is 5.26 Å². The van der Waals surface area contributed by atoms with E-state index < -0.39 is 5.97 Å². The van der Waals surface area contributed by atoms with E-state index in [1.807, 2.05) is 40.9 Å². The van der Waals surface area contributed by atoms with Gasteiger partial charge in [-0.3, -0.25) is 4.79 Å². The molecule has 0 radical (unpaired) electrons. The third-order valence-electron chi connectivity index (χ3n) is 2.38. The van der Waals surface area contributed by atoms with E-state index in [0.29, 0.717) is 0 Å². The second kappa shape index (κ2) is 17.3.